The van der Waals surface area contributed by atoms with Gasteiger partial charge in [-0.1, -0.05) is 18.2 Å². The molecule has 0 aliphatic carbocycles. The lowest BCUT2D eigenvalue weighted by molar-refractivity contribution is 0.409. The van der Waals surface area contributed by atoms with Gasteiger partial charge in [-0.05, 0) is 19.9 Å². The summed E-state index contributed by atoms with van der Waals surface area (Å²) in [6.45, 7) is 5.58. The van der Waals surface area contributed by atoms with Crippen LogP contribution in [0, 0.1) is 6.92 Å². The van der Waals surface area contributed by atoms with Gasteiger partial charge in [-0.2, -0.15) is 4.98 Å². The molecule has 21 heavy (non-hydrogen) atoms. The van der Waals surface area contributed by atoms with E-state index in [1.165, 1.54) is 0 Å². The molecule has 0 aliphatic heterocycles. The predicted octanol–water partition coefficient (Wildman–Crippen LogP) is 2.86. The summed E-state index contributed by atoms with van der Waals surface area (Å²) < 4.78 is 5.40. The second-order valence-corrected chi connectivity index (χ2v) is 4.90. The van der Waals surface area contributed by atoms with Crippen molar-refractivity contribution in [2.75, 3.05) is 30.9 Å². The fourth-order valence-electron chi connectivity index (χ4n) is 2.23. The third kappa shape index (κ3) is 3.62. The quantitative estimate of drug-likeness (QED) is 0.885. The van der Waals surface area contributed by atoms with Gasteiger partial charge in [0.15, 0.2) is 0 Å². The molecule has 0 saturated heterocycles. The Labute approximate surface area is 126 Å². The number of rotatable bonds is 6. The fraction of sp³-hybridized carbons (Fsp3) is 0.375. The highest BCUT2D eigenvalue weighted by Gasteiger charge is 2.11. The fourth-order valence-corrected chi connectivity index (χ4v) is 2.23. The van der Waals surface area contributed by atoms with E-state index in [0.717, 1.165) is 35.8 Å². The molecule has 1 N–H and O–H groups in total. The Morgan fingerprint density at radius 1 is 1.29 bits per heavy atom. The number of hydrogen-bond acceptors (Lipinski definition) is 5. The number of nitrogens with zero attached hydrogens (tertiary/aromatic N) is 3. The number of nitrogens with one attached hydrogen (secondary N) is 1. The van der Waals surface area contributed by atoms with Gasteiger partial charge in [0.05, 0.1) is 7.11 Å². The number of ether oxygens (including phenoxy) is 1. The number of para-hydroxylation sites is 1. The van der Waals surface area contributed by atoms with Crippen molar-refractivity contribution in [1.29, 1.82) is 0 Å². The zero-order valence-electron chi connectivity index (χ0n) is 13.1. The molecule has 1 aromatic carbocycles. The summed E-state index contributed by atoms with van der Waals surface area (Å²) in [6.07, 6.45) is 1.85. The van der Waals surface area contributed by atoms with Crippen molar-refractivity contribution >= 4 is 11.8 Å². The molecular formula is C16H22N4O. The molecule has 0 amide bonds. The maximum absolute atomic E-state index is 5.40. The summed E-state index contributed by atoms with van der Waals surface area (Å²) in [5.41, 5.74) is 2.18. The number of benzene rings is 1. The van der Waals surface area contributed by atoms with Crippen molar-refractivity contribution in [2.45, 2.75) is 20.4 Å². The molecule has 0 unspecified atom stereocenters. The van der Waals surface area contributed by atoms with Gasteiger partial charge in [-0.25, -0.2) is 4.98 Å². The van der Waals surface area contributed by atoms with Crippen LogP contribution in [0.2, 0.25) is 0 Å². The maximum atomic E-state index is 5.40. The summed E-state index contributed by atoms with van der Waals surface area (Å²) >= 11 is 0. The van der Waals surface area contributed by atoms with Crippen molar-refractivity contribution in [3.05, 3.63) is 41.6 Å². The molecule has 0 atom stereocenters. The molecule has 0 spiro atoms. The van der Waals surface area contributed by atoms with E-state index in [4.69, 9.17) is 4.74 Å². The van der Waals surface area contributed by atoms with Gasteiger partial charge in [0.1, 0.15) is 11.6 Å². The van der Waals surface area contributed by atoms with Gasteiger partial charge in [-0.15, -0.1) is 0 Å². The van der Waals surface area contributed by atoms with Crippen LogP contribution in [0.25, 0.3) is 0 Å². The van der Waals surface area contributed by atoms with Crippen LogP contribution in [-0.2, 0) is 6.54 Å². The zero-order valence-corrected chi connectivity index (χ0v) is 13.1. The van der Waals surface area contributed by atoms with E-state index < -0.39 is 0 Å². The molecule has 1 heterocycles. The largest absolute Gasteiger partial charge is 0.496 e. The molecule has 5 heteroatoms. The average Bonchev–Trinajstić information content (AvgIpc) is 2.50. The molecule has 0 saturated carbocycles. The van der Waals surface area contributed by atoms with Crippen molar-refractivity contribution < 1.29 is 4.74 Å². The van der Waals surface area contributed by atoms with E-state index in [9.17, 15) is 0 Å². The van der Waals surface area contributed by atoms with E-state index in [0.29, 0.717) is 5.95 Å². The van der Waals surface area contributed by atoms with Crippen LogP contribution in [0.15, 0.2) is 30.5 Å². The molecule has 0 fully saturated rings. The third-order valence-corrected chi connectivity index (χ3v) is 3.24. The third-order valence-electron chi connectivity index (χ3n) is 3.24. The Morgan fingerprint density at radius 2 is 2.05 bits per heavy atom. The van der Waals surface area contributed by atoms with Gasteiger partial charge < -0.3 is 15.0 Å². The molecule has 1 aromatic heterocycles. The van der Waals surface area contributed by atoms with Gasteiger partial charge in [-0.3, -0.25) is 0 Å². The first-order valence-electron chi connectivity index (χ1n) is 7.06. The second kappa shape index (κ2) is 6.92. The molecule has 2 rings (SSSR count). The first kappa shape index (κ1) is 15.1. The van der Waals surface area contributed by atoms with Crippen molar-refractivity contribution in [1.82, 2.24) is 9.97 Å². The number of aryl methyl sites for hydroxylation is 1. The van der Waals surface area contributed by atoms with Crippen LogP contribution in [0.1, 0.15) is 18.1 Å². The van der Waals surface area contributed by atoms with E-state index in [2.05, 4.69) is 26.3 Å². The standard InChI is InChI=1S/C16H22N4O/c1-5-17-16-18-10-12(2)15(19-16)20(3)11-13-8-6-7-9-14(13)21-4/h6-10H,5,11H2,1-4H3,(H,17,18,19). The SMILES string of the molecule is CCNc1ncc(C)c(N(C)Cc2ccccc2OC)n1. The number of anilines is 2. The average molecular weight is 286 g/mol. The van der Waals surface area contributed by atoms with Crippen LogP contribution in [0.5, 0.6) is 5.75 Å². The Kier molecular flexibility index (Phi) is 4.98. The zero-order chi connectivity index (χ0) is 15.2. The summed E-state index contributed by atoms with van der Waals surface area (Å²) in [4.78, 5) is 11.0. The minimum atomic E-state index is 0.657. The molecular weight excluding hydrogens is 264 g/mol. The van der Waals surface area contributed by atoms with Crippen LogP contribution in [-0.4, -0.2) is 30.7 Å². The molecule has 2 aromatic rings. The van der Waals surface area contributed by atoms with E-state index in [-0.39, 0.29) is 0 Å². The lowest BCUT2D eigenvalue weighted by Gasteiger charge is -2.21. The van der Waals surface area contributed by atoms with Gasteiger partial charge in [0, 0.05) is 37.5 Å². The second-order valence-electron chi connectivity index (χ2n) is 4.90. The molecule has 0 radical (unpaired) electrons. The highest BCUT2D eigenvalue weighted by molar-refractivity contribution is 5.49. The van der Waals surface area contributed by atoms with Gasteiger partial charge >= 0.3 is 0 Å². The lowest BCUT2D eigenvalue weighted by atomic mass is 10.2. The van der Waals surface area contributed by atoms with Gasteiger partial charge in [0.2, 0.25) is 5.95 Å². The van der Waals surface area contributed by atoms with Crippen molar-refractivity contribution in [2.24, 2.45) is 0 Å². The number of methoxy groups -OCH3 is 1. The first-order chi connectivity index (χ1) is 10.2. The molecule has 5 nitrogen and oxygen atoms in total. The highest BCUT2D eigenvalue weighted by Crippen LogP contribution is 2.23. The summed E-state index contributed by atoms with van der Waals surface area (Å²) in [5, 5.41) is 3.14. The summed E-state index contributed by atoms with van der Waals surface area (Å²) in [5.74, 6) is 2.47. The van der Waals surface area contributed by atoms with E-state index >= 15 is 0 Å². The van der Waals surface area contributed by atoms with E-state index in [1.807, 2.05) is 45.3 Å². The Hall–Kier alpha value is -2.30. The normalized spacial score (nSPS) is 10.3. The van der Waals surface area contributed by atoms with Crippen LogP contribution >= 0.6 is 0 Å². The Bertz CT molecular complexity index is 601. The molecule has 112 valence electrons. The topological polar surface area (TPSA) is 50.3 Å². The first-order valence-corrected chi connectivity index (χ1v) is 7.06. The lowest BCUT2D eigenvalue weighted by Crippen LogP contribution is -2.20. The predicted molar refractivity (Wildman–Crippen MR) is 86.0 cm³/mol. The van der Waals surface area contributed by atoms with Gasteiger partial charge in [0.25, 0.3) is 0 Å². The monoisotopic (exact) mass is 286 g/mol. The van der Waals surface area contributed by atoms with E-state index in [1.54, 1.807) is 7.11 Å². The Morgan fingerprint density at radius 3 is 2.76 bits per heavy atom. The van der Waals surface area contributed by atoms with Crippen molar-refractivity contribution in [3.8, 4) is 5.75 Å². The molecule has 0 bridgehead atoms. The summed E-state index contributed by atoms with van der Waals surface area (Å²) in [6, 6.07) is 8.03. The summed E-state index contributed by atoms with van der Waals surface area (Å²) in [7, 11) is 3.72. The minimum Gasteiger partial charge on any atom is -0.496 e. The maximum Gasteiger partial charge on any atom is 0.224 e. The van der Waals surface area contributed by atoms with Crippen LogP contribution < -0.4 is 15.0 Å². The minimum absolute atomic E-state index is 0.657. The van der Waals surface area contributed by atoms with Crippen LogP contribution in [0.3, 0.4) is 0 Å². The molecule has 0 aliphatic rings. The Balaban J connectivity index is 2.23. The van der Waals surface area contributed by atoms with Crippen molar-refractivity contribution in [3.63, 3.8) is 0 Å². The number of hydrogen-bond donors (Lipinski definition) is 1. The van der Waals surface area contributed by atoms with Crippen LogP contribution in [0.4, 0.5) is 11.8 Å². The highest BCUT2D eigenvalue weighted by atomic mass is 16.5. The smallest absolute Gasteiger partial charge is 0.224 e. The number of aromatic nitrogens is 2.